The molecule has 1 aliphatic heterocycles. The molecule has 5 heteroatoms. The van der Waals surface area contributed by atoms with E-state index in [0.717, 1.165) is 51.8 Å². The maximum Gasteiger partial charge on any atom is 0.136 e. The highest BCUT2D eigenvalue weighted by molar-refractivity contribution is 7.16. The Balaban J connectivity index is 1.65. The van der Waals surface area contributed by atoms with Gasteiger partial charge in [-0.15, -0.1) is 11.3 Å². The molecule has 0 bridgehead atoms. The smallest absolute Gasteiger partial charge is 0.136 e. The van der Waals surface area contributed by atoms with Gasteiger partial charge in [-0.1, -0.05) is 18.2 Å². The zero-order chi connectivity index (χ0) is 18.8. The molecule has 0 atom stereocenters. The number of rotatable bonds is 6. The maximum absolute atomic E-state index is 13.9. The molecular weight excluding hydrogens is 361 g/mol. The Bertz CT molecular complexity index is 951. The third-order valence-electron chi connectivity index (χ3n) is 4.50. The van der Waals surface area contributed by atoms with Gasteiger partial charge in [-0.3, -0.25) is 0 Å². The Labute approximate surface area is 163 Å². The van der Waals surface area contributed by atoms with E-state index in [1.165, 1.54) is 6.07 Å². The van der Waals surface area contributed by atoms with Crippen LogP contribution in [-0.2, 0) is 11.3 Å². The quantitative estimate of drug-likeness (QED) is 0.393. The Morgan fingerprint density at radius 2 is 1.81 bits per heavy atom. The van der Waals surface area contributed by atoms with E-state index in [-0.39, 0.29) is 5.82 Å². The number of halogens is 1. The minimum Gasteiger partial charge on any atom is -0.456 e. The van der Waals surface area contributed by atoms with E-state index >= 15 is 0 Å². The first kappa shape index (κ1) is 18.2. The lowest BCUT2D eigenvalue weighted by molar-refractivity contribution is 0.115. The van der Waals surface area contributed by atoms with Gasteiger partial charge in [0.2, 0.25) is 0 Å². The van der Waals surface area contributed by atoms with Crippen LogP contribution in [0.1, 0.15) is 11.3 Å². The van der Waals surface area contributed by atoms with Crippen LogP contribution in [0.4, 0.5) is 4.39 Å². The molecule has 3 nitrogen and oxygen atoms in total. The van der Waals surface area contributed by atoms with Crippen molar-refractivity contribution in [1.29, 1.82) is 0 Å². The molecule has 1 aromatic heterocycles. The number of thiophene rings is 1. The summed E-state index contributed by atoms with van der Waals surface area (Å²) in [4.78, 5) is 4.32. The first-order valence-corrected chi connectivity index (χ1v) is 9.86. The molecule has 3 aromatic rings. The van der Waals surface area contributed by atoms with Crippen LogP contribution in [0.15, 0.2) is 48.5 Å². The van der Waals surface area contributed by atoms with Gasteiger partial charge < -0.3 is 14.4 Å². The molecule has 0 spiro atoms. The van der Waals surface area contributed by atoms with Crippen molar-refractivity contribution in [2.75, 3.05) is 27.2 Å². The van der Waals surface area contributed by atoms with Crippen molar-refractivity contribution < 1.29 is 13.9 Å². The van der Waals surface area contributed by atoms with Gasteiger partial charge in [-0.05, 0) is 57.4 Å². The standard InChI is InChI=1S/C22H22FNO2S/c1-24(2)10-5-11-25-14-16-13-18-17-6-3-4-7-20(17)26-21-9-8-15(23)12-19(21)22(18)27-16/h3-4,6-9,12-13H,5,10-11,14H2,1-2H3. The average molecular weight is 383 g/mol. The summed E-state index contributed by atoms with van der Waals surface area (Å²) in [5, 5.41) is 0. The fourth-order valence-corrected chi connectivity index (χ4v) is 4.36. The van der Waals surface area contributed by atoms with Crippen LogP contribution in [0.2, 0.25) is 0 Å². The molecule has 0 N–H and O–H groups in total. The summed E-state index contributed by atoms with van der Waals surface area (Å²) in [6.07, 6.45) is 1.00. The van der Waals surface area contributed by atoms with Crippen LogP contribution in [0.5, 0.6) is 11.5 Å². The second-order valence-electron chi connectivity index (χ2n) is 6.90. The minimum atomic E-state index is -0.260. The van der Waals surface area contributed by atoms with Crippen molar-refractivity contribution in [3.05, 3.63) is 59.2 Å². The molecule has 2 aromatic carbocycles. The van der Waals surface area contributed by atoms with Crippen LogP contribution in [0.3, 0.4) is 0 Å². The molecular formula is C22H22FNO2S. The second kappa shape index (κ2) is 7.80. The monoisotopic (exact) mass is 383 g/mol. The molecule has 0 saturated heterocycles. The van der Waals surface area contributed by atoms with Gasteiger partial charge in [-0.25, -0.2) is 4.39 Å². The SMILES string of the molecule is CN(C)CCCOCc1cc2c(s1)-c1cc(F)ccc1Oc1ccccc1-2. The van der Waals surface area contributed by atoms with E-state index < -0.39 is 0 Å². The Morgan fingerprint density at radius 3 is 2.67 bits per heavy atom. The molecule has 4 rings (SSSR count). The highest BCUT2D eigenvalue weighted by Crippen LogP contribution is 2.50. The summed E-state index contributed by atoms with van der Waals surface area (Å²) < 4.78 is 25.9. The number of fused-ring (bicyclic) bond motifs is 5. The van der Waals surface area contributed by atoms with Crippen molar-refractivity contribution in [1.82, 2.24) is 4.90 Å². The zero-order valence-corrected chi connectivity index (χ0v) is 16.3. The van der Waals surface area contributed by atoms with Crippen molar-refractivity contribution >= 4 is 11.3 Å². The van der Waals surface area contributed by atoms with Crippen LogP contribution in [0.25, 0.3) is 21.6 Å². The molecule has 2 heterocycles. The zero-order valence-electron chi connectivity index (χ0n) is 15.5. The van der Waals surface area contributed by atoms with Crippen molar-refractivity contribution in [3.63, 3.8) is 0 Å². The topological polar surface area (TPSA) is 21.7 Å². The molecule has 0 amide bonds. The fraction of sp³-hybridized carbons (Fsp3) is 0.273. The van der Waals surface area contributed by atoms with Gasteiger partial charge in [-0.2, -0.15) is 0 Å². The van der Waals surface area contributed by atoms with E-state index in [2.05, 4.69) is 25.1 Å². The fourth-order valence-electron chi connectivity index (χ4n) is 3.23. The van der Waals surface area contributed by atoms with Gasteiger partial charge in [0, 0.05) is 33.1 Å². The largest absolute Gasteiger partial charge is 0.456 e. The summed E-state index contributed by atoms with van der Waals surface area (Å²) in [6.45, 7) is 2.31. The number of hydrogen-bond acceptors (Lipinski definition) is 4. The average Bonchev–Trinajstić information content (AvgIpc) is 3.02. The highest BCUT2D eigenvalue weighted by Gasteiger charge is 2.23. The van der Waals surface area contributed by atoms with E-state index in [0.29, 0.717) is 12.4 Å². The lowest BCUT2D eigenvalue weighted by Gasteiger charge is -2.09. The Morgan fingerprint density at radius 1 is 1.00 bits per heavy atom. The number of nitrogens with zero attached hydrogens (tertiary/aromatic N) is 1. The van der Waals surface area contributed by atoms with Gasteiger partial charge in [0.25, 0.3) is 0 Å². The molecule has 0 aliphatic carbocycles. The second-order valence-corrected chi connectivity index (χ2v) is 8.04. The molecule has 140 valence electrons. The number of benzene rings is 2. The van der Waals surface area contributed by atoms with Crippen molar-refractivity contribution in [3.8, 4) is 33.1 Å². The predicted molar refractivity (Wildman–Crippen MR) is 108 cm³/mol. The van der Waals surface area contributed by atoms with E-state index in [1.807, 2.05) is 24.3 Å². The maximum atomic E-state index is 13.9. The molecule has 0 unspecified atom stereocenters. The van der Waals surface area contributed by atoms with E-state index in [9.17, 15) is 4.39 Å². The van der Waals surface area contributed by atoms with Crippen LogP contribution < -0.4 is 4.74 Å². The lowest BCUT2D eigenvalue weighted by Crippen LogP contribution is -2.14. The molecule has 1 aliphatic rings. The number of para-hydroxylation sites is 1. The minimum absolute atomic E-state index is 0.260. The van der Waals surface area contributed by atoms with E-state index in [1.54, 1.807) is 23.5 Å². The molecule has 0 fully saturated rings. The first-order valence-electron chi connectivity index (χ1n) is 9.04. The summed E-state index contributed by atoms with van der Waals surface area (Å²) in [5.74, 6) is 1.22. The van der Waals surface area contributed by atoms with Crippen molar-refractivity contribution in [2.45, 2.75) is 13.0 Å². The summed E-state index contributed by atoms with van der Waals surface area (Å²) in [5.41, 5.74) is 2.90. The highest BCUT2D eigenvalue weighted by atomic mass is 32.1. The van der Waals surface area contributed by atoms with Crippen LogP contribution >= 0.6 is 11.3 Å². The summed E-state index contributed by atoms with van der Waals surface area (Å²) in [7, 11) is 4.12. The lowest BCUT2D eigenvalue weighted by atomic mass is 10.0. The normalized spacial score (nSPS) is 12.1. The van der Waals surface area contributed by atoms with Gasteiger partial charge in [0.1, 0.15) is 17.3 Å². The van der Waals surface area contributed by atoms with Gasteiger partial charge >= 0.3 is 0 Å². The van der Waals surface area contributed by atoms with Crippen molar-refractivity contribution in [2.24, 2.45) is 0 Å². The Kier molecular flexibility index (Phi) is 5.25. The molecule has 27 heavy (non-hydrogen) atoms. The third kappa shape index (κ3) is 3.90. The Hall–Kier alpha value is -2.21. The number of ether oxygens (including phenoxy) is 2. The van der Waals surface area contributed by atoms with Crippen LogP contribution in [-0.4, -0.2) is 32.1 Å². The first-order chi connectivity index (χ1) is 13.1. The van der Waals surface area contributed by atoms with E-state index in [4.69, 9.17) is 9.47 Å². The van der Waals surface area contributed by atoms with Gasteiger partial charge in [0.15, 0.2) is 0 Å². The summed E-state index contributed by atoms with van der Waals surface area (Å²) in [6, 6.07) is 14.8. The molecule has 0 radical (unpaired) electrons. The summed E-state index contributed by atoms with van der Waals surface area (Å²) >= 11 is 1.65. The van der Waals surface area contributed by atoms with Crippen LogP contribution in [0, 0.1) is 5.82 Å². The molecule has 0 saturated carbocycles. The third-order valence-corrected chi connectivity index (χ3v) is 5.65. The van der Waals surface area contributed by atoms with Gasteiger partial charge in [0.05, 0.1) is 6.61 Å². The number of hydrogen-bond donors (Lipinski definition) is 0. The predicted octanol–water partition coefficient (Wildman–Crippen LogP) is 5.80.